The molecular weight excluding hydrogens is 462 g/mol. The van der Waals surface area contributed by atoms with Crippen LogP contribution in [0.1, 0.15) is 57.1 Å². The Hall–Kier alpha value is -2.87. The molecule has 35 heavy (non-hydrogen) atoms. The predicted octanol–water partition coefficient (Wildman–Crippen LogP) is 3.88. The second-order valence-electron chi connectivity index (χ2n) is 9.21. The van der Waals surface area contributed by atoms with Gasteiger partial charge in [-0.2, -0.15) is 0 Å². The lowest BCUT2D eigenvalue weighted by atomic mass is 10.1. The molecule has 0 bridgehead atoms. The lowest BCUT2D eigenvalue weighted by Gasteiger charge is -2.33. The van der Waals surface area contributed by atoms with Crippen molar-refractivity contribution in [3.8, 4) is 0 Å². The van der Waals surface area contributed by atoms with E-state index in [1.54, 1.807) is 12.1 Å². The quantitative estimate of drug-likeness (QED) is 0.508. The van der Waals surface area contributed by atoms with E-state index in [1.807, 2.05) is 56.3 Å². The van der Waals surface area contributed by atoms with E-state index in [-0.39, 0.29) is 25.0 Å². The topological polar surface area (TPSA) is 86.8 Å². The molecule has 3 rings (SSSR count). The molecule has 1 N–H and O–H groups in total. The van der Waals surface area contributed by atoms with Gasteiger partial charge in [-0.15, -0.1) is 0 Å². The average molecular weight is 500 g/mol. The second-order valence-corrected chi connectivity index (χ2v) is 11.1. The van der Waals surface area contributed by atoms with Crippen LogP contribution in [0.2, 0.25) is 0 Å². The van der Waals surface area contributed by atoms with E-state index in [4.69, 9.17) is 0 Å². The zero-order chi connectivity index (χ0) is 25.4. The van der Waals surface area contributed by atoms with Crippen LogP contribution in [0.25, 0.3) is 0 Å². The SMILES string of the molecule is CCc1ccc(N(CC(=O)N(Cc2ccccc2)[C@H](CC)C(=O)NC2CCCC2)S(C)(=O)=O)cc1. The first kappa shape index (κ1) is 26.7. The Labute approximate surface area is 209 Å². The third-order valence-electron chi connectivity index (χ3n) is 6.59. The standard InChI is InChI=1S/C27H37N3O4S/c1-4-21-15-17-24(18-16-21)30(35(3,33)34)20-26(31)29(19-22-11-7-6-8-12-22)25(5-2)27(32)28-23-13-9-10-14-23/h6-8,11-12,15-18,23,25H,4-5,9-10,13-14,19-20H2,1-3H3,(H,28,32)/t25-/m1/s1. The van der Waals surface area contributed by atoms with Gasteiger partial charge in [0.05, 0.1) is 11.9 Å². The molecule has 1 atom stereocenters. The van der Waals surface area contributed by atoms with Crippen molar-refractivity contribution >= 4 is 27.5 Å². The molecule has 0 radical (unpaired) electrons. The number of hydrogen-bond donors (Lipinski definition) is 1. The van der Waals surface area contributed by atoms with Gasteiger partial charge in [0.25, 0.3) is 0 Å². The van der Waals surface area contributed by atoms with Gasteiger partial charge in [-0.05, 0) is 48.9 Å². The van der Waals surface area contributed by atoms with Crippen molar-refractivity contribution in [2.24, 2.45) is 0 Å². The number of carbonyl (C=O) groups excluding carboxylic acids is 2. The molecule has 0 unspecified atom stereocenters. The number of sulfonamides is 1. The fourth-order valence-corrected chi connectivity index (χ4v) is 5.43. The number of hydrogen-bond acceptors (Lipinski definition) is 4. The van der Waals surface area contributed by atoms with E-state index in [9.17, 15) is 18.0 Å². The molecule has 0 spiro atoms. The molecule has 0 heterocycles. The number of benzene rings is 2. The zero-order valence-corrected chi connectivity index (χ0v) is 21.8. The van der Waals surface area contributed by atoms with Crippen LogP contribution in [0, 0.1) is 0 Å². The van der Waals surface area contributed by atoms with Crippen molar-refractivity contribution in [1.82, 2.24) is 10.2 Å². The summed E-state index contributed by atoms with van der Waals surface area (Å²) in [6, 6.07) is 16.1. The predicted molar refractivity (Wildman–Crippen MR) is 139 cm³/mol. The minimum absolute atomic E-state index is 0.134. The Morgan fingerprint density at radius 1 is 0.971 bits per heavy atom. The number of amides is 2. The molecule has 0 saturated heterocycles. The van der Waals surface area contributed by atoms with E-state index in [2.05, 4.69) is 5.32 Å². The summed E-state index contributed by atoms with van der Waals surface area (Å²) in [5.41, 5.74) is 2.39. The van der Waals surface area contributed by atoms with E-state index < -0.39 is 22.0 Å². The summed E-state index contributed by atoms with van der Waals surface area (Å²) in [5.74, 6) is -0.589. The number of rotatable bonds is 11. The van der Waals surface area contributed by atoms with Gasteiger partial charge in [0.2, 0.25) is 21.8 Å². The summed E-state index contributed by atoms with van der Waals surface area (Å²) in [6.07, 6.45) is 6.44. The molecular formula is C27H37N3O4S. The van der Waals surface area contributed by atoms with Crippen molar-refractivity contribution in [3.63, 3.8) is 0 Å². The first-order chi connectivity index (χ1) is 16.7. The summed E-state index contributed by atoms with van der Waals surface area (Å²) in [6.45, 7) is 3.75. The van der Waals surface area contributed by atoms with Crippen LogP contribution in [0.5, 0.6) is 0 Å². The fraction of sp³-hybridized carbons (Fsp3) is 0.481. The lowest BCUT2D eigenvalue weighted by Crippen LogP contribution is -2.53. The molecule has 2 amide bonds. The highest BCUT2D eigenvalue weighted by Crippen LogP contribution is 2.22. The van der Waals surface area contributed by atoms with Crippen LogP contribution < -0.4 is 9.62 Å². The van der Waals surface area contributed by atoms with Crippen LogP contribution in [0.4, 0.5) is 5.69 Å². The first-order valence-electron chi connectivity index (χ1n) is 12.4. The lowest BCUT2D eigenvalue weighted by molar-refractivity contribution is -0.140. The maximum Gasteiger partial charge on any atom is 0.244 e. The average Bonchev–Trinajstić information content (AvgIpc) is 3.35. The van der Waals surface area contributed by atoms with Crippen molar-refractivity contribution in [3.05, 3.63) is 65.7 Å². The molecule has 190 valence electrons. The van der Waals surface area contributed by atoms with Crippen molar-refractivity contribution in [2.75, 3.05) is 17.1 Å². The molecule has 1 saturated carbocycles. The maximum absolute atomic E-state index is 13.7. The monoisotopic (exact) mass is 499 g/mol. The minimum atomic E-state index is -3.73. The van der Waals surface area contributed by atoms with Crippen molar-refractivity contribution < 1.29 is 18.0 Å². The Morgan fingerprint density at radius 3 is 2.14 bits per heavy atom. The van der Waals surface area contributed by atoms with E-state index >= 15 is 0 Å². The first-order valence-corrected chi connectivity index (χ1v) is 14.3. The second kappa shape index (κ2) is 12.2. The molecule has 2 aromatic rings. The van der Waals surface area contributed by atoms with Gasteiger partial charge in [-0.1, -0.05) is 69.2 Å². The number of aryl methyl sites for hydroxylation is 1. The Bertz CT molecular complexity index is 1080. The molecule has 1 fully saturated rings. The van der Waals surface area contributed by atoms with Gasteiger partial charge in [0.15, 0.2) is 0 Å². The number of nitrogens with zero attached hydrogens (tertiary/aromatic N) is 2. The third-order valence-corrected chi connectivity index (χ3v) is 7.74. The molecule has 1 aliphatic rings. The summed E-state index contributed by atoms with van der Waals surface area (Å²) >= 11 is 0. The number of anilines is 1. The highest BCUT2D eigenvalue weighted by atomic mass is 32.2. The Morgan fingerprint density at radius 2 is 1.60 bits per heavy atom. The zero-order valence-electron chi connectivity index (χ0n) is 20.9. The van der Waals surface area contributed by atoms with Gasteiger partial charge < -0.3 is 10.2 Å². The van der Waals surface area contributed by atoms with Gasteiger partial charge >= 0.3 is 0 Å². The maximum atomic E-state index is 13.7. The highest BCUT2D eigenvalue weighted by Gasteiger charge is 2.32. The van der Waals surface area contributed by atoms with Gasteiger partial charge in [0.1, 0.15) is 12.6 Å². The largest absolute Gasteiger partial charge is 0.352 e. The molecule has 8 heteroatoms. The summed E-state index contributed by atoms with van der Waals surface area (Å²) < 4.78 is 26.5. The summed E-state index contributed by atoms with van der Waals surface area (Å²) in [4.78, 5) is 28.5. The van der Waals surface area contributed by atoms with E-state index in [0.717, 1.165) is 53.8 Å². The van der Waals surface area contributed by atoms with E-state index in [1.165, 1.54) is 4.90 Å². The summed E-state index contributed by atoms with van der Waals surface area (Å²) in [7, 11) is -3.73. The van der Waals surface area contributed by atoms with Crippen LogP contribution >= 0.6 is 0 Å². The Kier molecular flexibility index (Phi) is 9.32. The molecule has 7 nitrogen and oxygen atoms in total. The van der Waals surface area contributed by atoms with Crippen molar-refractivity contribution in [2.45, 2.75) is 71.0 Å². The van der Waals surface area contributed by atoms with Crippen LogP contribution in [0.3, 0.4) is 0 Å². The normalized spacial score (nSPS) is 14.9. The molecule has 2 aromatic carbocycles. The molecule has 1 aliphatic carbocycles. The van der Waals surface area contributed by atoms with Crippen LogP contribution in [-0.4, -0.2) is 50.0 Å². The number of carbonyl (C=O) groups is 2. The van der Waals surface area contributed by atoms with E-state index in [0.29, 0.717) is 12.1 Å². The Balaban J connectivity index is 1.89. The number of nitrogens with one attached hydrogen (secondary N) is 1. The minimum Gasteiger partial charge on any atom is -0.352 e. The van der Waals surface area contributed by atoms with Crippen molar-refractivity contribution in [1.29, 1.82) is 0 Å². The van der Waals surface area contributed by atoms with Gasteiger partial charge in [0, 0.05) is 12.6 Å². The summed E-state index contributed by atoms with van der Waals surface area (Å²) in [5, 5.41) is 3.11. The smallest absolute Gasteiger partial charge is 0.244 e. The molecule has 0 aliphatic heterocycles. The molecule has 0 aromatic heterocycles. The highest BCUT2D eigenvalue weighted by molar-refractivity contribution is 7.92. The van der Waals surface area contributed by atoms with Crippen LogP contribution in [-0.2, 0) is 32.6 Å². The van der Waals surface area contributed by atoms with Gasteiger partial charge in [-0.25, -0.2) is 8.42 Å². The fourth-order valence-electron chi connectivity index (χ4n) is 4.58. The van der Waals surface area contributed by atoms with Crippen LogP contribution in [0.15, 0.2) is 54.6 Å². The van der Waals surface area contributed by atoms with Gasteiger partial charge in [-0.3, -0.25) is 13.9 Å². The third kappa shape index (κ3) is 7.31.